The van der Waals surface area contributed by atoms with E-state index in [1.807, 2.05) is 18.2 Å². The number of hydrogen-bond donors (Lipinski definition) is 3. The summed E-state index contributed by atoms with van der Waals surface area (Å²) < 4.78 is 0. The van der Waals surface area contributed by atoms with Crippen molar-refractivity contribution in [1.29, 1.82) is 0 Å². The molecule has 2 rings (SSSR count). The molecule has 4 nitrogen and oxygen atoms in total. The largest absolute Gasteiger partial charge is 0.508 e. The Balaban J connectivity index is 2.20. The monoisotopic (exact) mass is 396 g/mol. The van der Waals surface area contributed by atoms with E-state index in [-0.39, 0.29) is 17.1 Å². The lowest BCUT2D eigenvalue weighted by molar-refractivity contribution is 0.0693. The number of phenols is 2. The van der Waals surface area contributed by atoms with Gasteiger partial charge in [0.25, 0.3) is 0 Å². The Morgan fingerprint density at radius 1 is 1.21 bits per heavy atom. The Morgan fingerprint density at radius 2 is 1.97 bits per heavy atom. The van der Waals surface area contributed by atoms with E-state index in [2.05, 4.69) is 32.9 Å². The highest BCUT2D eigenvalue weighted by atomic mass is 16.4. The van der Waals surface area contributed by atoms with E-state index >= 15 is 0 Å². The molecule has 1 atom stereocenters. The maximum atomic E-state index is 11.8. The van der Waals surface area contributed by atoms with Crippen LogP contribution in [-0.2, 0) is 6.42 Å². The predicted octanol–water partition coefficient (Wildman–Crippen LogP) is 6.40. The van der Waals surface area contributed by atoms with Gasteiger partial charge in [-0.3, -0.25) is 0 Å². The fourth-order valence-electron chi connectivity index (χ4n) is 3.47. The topological polar surface area (TPSA) is 77.8 Å². The van der Waals surface area contributed by atoms with Crippen molar-refractivity contribution in [3.63, 3.8) is 0 Å². The van der Waals surface area contributed by atoms with Gasteiger partial charge in [0, 0.05) is 5.56 Å². The summed E-state index contributed by atoms with van der Waals surface area (Å²) in [6, 6.07) is 1.45. The van der Waals surface area contributed by atoms with Crippen molar-refractivity contribution < 1.29 is 20.1 Å². The minimum absolute atomic E-state index is 0.0545. The third-order valence-corrected chi connectivity index (χ3v) is 5.25. The second kappa shape index (κ2) is 10.7. The first kappa shape index (κ1) is 22.5. The lowest BCUT2D eigenvalue weighted by atomic mass is 9.92. The fraction of sp³-hybridized carbons (Fsp3) is 0.400. The van der Waals surface area contributed by atoms with Crippen molar-refractivity contribution in [3.8, 4) is 11.5 Å². The highest BCUT2D eigenvalue weighted by Crippen LogP contribution is 2.36. The van der Waals surface area contributed by atoms with E-state index in [9.17, 15) is 20.1 Å². The van der Waals surface area contributed by atoms with Crippen molar-refractivity contribution in [1.82, 2.24) is 0 Å². The van der Waals surface area contributed by atoms with Crippen LogP contribution in [0, 0.1) is 5.92 Å². The average molecular weight is 397 g/mol. The zero-order chi connectivity index (χ0) is 21.4. The van der Waals surface area contributed by atoms with Crippen LogP contribution in [0.1, 0.15) is 74.4 Å². The number of aromatic hydroxyl groups is 2. The highest BCUT2D eigenvalue weighted by molar-refractivity contribution is 5.96. The lowest BCUT2D eigenvalue weighted by Crippen LogP contribution is -2.05. The summed E-state index contributed by atoms with van der Waals surface area (Å²) >= 11 is 0. The maximum Gasteiger partial charge on any atom is 0.340 e. The van der Waals surface area contributed by atoms with E-state index in [4.69, 9.17) is 0 Å². The average Bonchev–Trinajstić information content (AvgIpc) is 2.66. The van der Waals surface area contributed by atoms with Gasteiger partial charge in [0.1, 0.15) is 17.1 Å². The molecule has 1 unspecified atom stereocenters. The minimum Gasteiger partial charge on any atom is -0.508 e. The number of carbonyl (C=O) groups is 1. The Hall–Kier alpha value is -2.75. The molecule has 0 heterocycles. The molecule has 29 heavy (non-hydrogen) atoms. The molecule has 3 N–H and O–H groups in total. The normalized spacial score (nSPS) is 14.7. The van der Waals surface area contributed by atoms with Crippen LogP contribution in [0.15, 0.2) is 47.6 Å². The molecule has 156 valence electrons. The second-order valence-corrected chi connectivity index (χ2v) is 8.04. The van der Waals surface area contributed by atoms with Crippen LogP contribution < -0.4 is 0 Å². The molecule has 0 radical (unpaired) electrons. The summed E-state index contributed by atoms with van der Waals surface area (Å²) in [4.78, 5) is 11.8. The number of phenolic OH excluding ortho intramolecular Hbond substituents is 1. The maximum absolute atomic E-state index is 11.8. The van der Waals surface area contributed by atoms with Gasteiger partial charge in [-0.1, -0.05) is 49.0 Å². The van der Waals surface area contributed by atoms with Crippen LogP contribution in [0.25, 0.3) is 6.08 Å². The number of carboxylic acids is 1. The van der Waals surface area contributed by atoms with Crippen molar-refractivity contribution in [3.05, 3.63) is 64.3 Å². The van der Waals surface area contributed by atoms with Crippen molar-refractivity contribution >= 4 is 12.0 Å². The zero-order valence-electron chi connectivity index (χ0n) is 17.6. The smallest absolute Gasteiger partial charge is 0.340 e. The van der Waals surface area contributed by atoms with E-state index in [1.165, 1.54) is 11.6 Å². The predicted molar refractivity (Wildman–Crippen MR) is 118 cm³/mol. The Bertz CT molecular complexity index is 852. The van der Waals surface area contributed by atoms with Gasteiger partial charge in [0.15, 0.2) is 0 Å². The van der Waals surface area contributed by atoms with Gasteiger partial charge >= 0.3 is 5.97 Å². The molecule has 1 aliphatic rings. The summed E-state index contributed by atoms with van der Waals surface area (Å²) in [5, 5.41) is 30.7. The molecule has 4 heteroatoms. The molecule has 0 fully saturated rings. The molecule has 0 amide bonds. The third-order valence-electron chi connectivity index (χ3n) is 5.25. The molecule has 0 saturated heterocycles. The number of aromatic carboxylic acids is 1. The molecular formula is C25H32O4. The number of allylic oxidation sites excluding steroid dienone is 7. The highest BCUT2D eigenvalue weighted by Gasteiger charge is 2.21. The van der Waals surface area contributed by atoms with Gasteiger partial charge in [-0.25, -0.2) is 4.79 Å². The molecule has 0 aromatic heterocycles. The molecule has 0 saturated carbocycles. The van der Waals surface area contributed by atoms with Crippen molar-refractivity contribution in [2.75, 3.05) is 0 Å². The Labute approximate surface area is 173 Å². The SMILES string of the molecule is CC(C)=CCCC(C)CCc1c(O)cc(C=CC2=CC=CCC2)c(C(=O)O)c1O. The number of rotatable bonds is 9. The summed E-state index contributed by atoms with van der Waals surface area (Å²) in [6.07, 6.45) is 16.8. The quantitative estimate of drug-likeness (QED) is 0.422. The standard InChI is InChI=1S/C25H32O4/c1-17(2)8-7-9-18(3)12-15-21-22(26)16-20(23(24(21)27)25(28)29)14-13-19-10-5-4-6-11-19/h4-5,8,10,13-14,16,18,26-27H,6-7,9,11-12,15H2,1-3H3,(H,28,29). The Morgan fingerprint density at radius 3 is 2.59 bits per heavy atom. The zero-order valence-corrected chi connectivity index (χ0v) is 17.6. The fourth-order valence-corrected chi connectivity index (χ4v) is 3.47. The number of carboxylic acid groups (broad SMARTS) is 1. The minimum atomic E-state index is -1.20. The van der Waals surface area contributed by atoms with Crippen molar-refractivity contribution in [2.24, 2.45) is 5.92 Å². The summed E-state index contributed by atoms with van der Waals surface area (Å²) in [7, 11) is 0. The van der Waals surface area contributed by atoms with Gasteiger partial charge in [-0.15, -0.1) is 0 Å². The van der Waals surface area contributed by atoms with Gasteiger partial charge in [0.2, 0.25) is 0 Å². The van der Waals surface area contributed by atoms with Gasteiger partial charge < -0.3 is 15.3 Å². The molecule has 0 spiro atoms. The molecule has 1 aromatic carbocycles. The molecule has 1 aliphatic carbocycles. The van der Waals surface area contributed by atoms with Crippen LogP contribution in [0.5, 0.6) is 11.5 Å². The Kier molecular flexibility index (Phi) is 8.32. The lowest BCUT2D eigenvalue weighted by Gasteiger charge is -2.15. The number of hydrogen-bond acceptors (Lipinski definition) is 3. The molecule has 1 aromatic rings. The van der Waals surface area contributed by atoms with E-state index in [1.54, 1.807) is 6.08 Å². The first-order valence-electron chi connectivity index (χ1n) is 10.3. The van der Waals surface area contributed by atoms with Crippen LogP contribution in [0.2, 0.25) is 0 Å². The van der Waals surface area contributed by atoms with E-state index < -0.39 is 5.97 Å². The first-order valence-corrected chi connectivity index (χ1v) is 10.3. The van der Waals surface area contributed by atoms with Crippen molar-refractivity contribution in [2.45, 2.75) is 59.3 Å². The van der Waals surface area contributed by atoms with Gasteiger partial charge in [0.05, 0.1) is 0 Å². The van der Waals surface area contributed by atoms with Crippen LogP contribution in [0.4, 0.5) is 0 Å². The first-order chi connectivity index (χ1) is 13.8. The summed E-state index contributed by atoms with van der Waals surface area (Å²) in [5.41, 5.74) is 2.84. The summed E-state index contributed by atoms with van der Waals surface area (Å²) in [5.74, 6) is -1.17. The van der Waals surface area contributed by atoms with Crippen LogP contribution in [0.3, 0.4) is 0 Å². The molecule has 0 aliphatic heterocycles. The van der Waals surface area contributed by atoms with Gasteiger partial charge in [-0.05, 0) is 75.5 Å². The van der Waals surface area contributed by atoms with Crippen LogP contribution >= 0.6 is 0 Å². The summed E-state index contributed by atoms with van der Waals surface area (Å²) in [6.45, 7) is 6.28. The van der Waals surface area contributed by atoms with E-state index in [0.717, 1.165) is 37.7 Å². The molecular weight excluding hydrogens is 364 g/mol. The number of benzene rings is 1. The second-order valence-electron chi connectivity index (χ2n) is 8.04. The van der Waals surface area contributed by atoms with Gasteiger partial charge in [-0.2, -0.15) is 0 Å². The molecule has 0 bridgehead atoms. The third kappa shape index (κ3) is 6.67. The van der Waals surface area contributed by atoms with Crippen LogP contribution in [-0.4, -0.2) is 21.3 Å². The van der Waals surface area contributed by atoms with E-state index in [0.29, 0.717) is 23.5 Å².